The van der Waals surface area contributed by atoms with Crippen LogP contribution in [0.2, 0.25) is 0 Å². The van der Waals surface area contributed by atoms with Crippen LogP contribution in [0.15, 0.2) is 42.5 Å². The molecule has 3 aromatic rings. The van der Waals surface area contributed by atoms with Crippen molar-refractivity contribution >= 4 is 22.8 Å². The molecule has 3 N–H and O–H groups in total. The molecule has 0 saturated carbocycles. The molecule has 2 aromatic carbocycles. The first-order valence-corrected chi connectivity index (χ1v) is 7.10. The van der Waals surface area contributed by atoms with Gasteiger partial charge in [-0.3, -0.25) is 0 Å². The number of pyridine rings is 1. The van der Waals surface area contributed by atoms with E-state index >= 15 is 0 Å². The van der Waals surface area contributed by atoms with Gasteiger partial charge in [0.2, 0.25) is 0 Å². The molecule has 0 aliphatic carbocycles. The number of para-hydroxylation sites is 1. The van der Waals surface area contributed by atoms with E-state index in [1.165, 1.54) is 12.1 Å². The lowest BCUT2D eigenvalue weighted by Gasteiger charge is -2.14. The van der Waals surface area contributed by atoms with E-state index in [0.29, 0.717) is 16.6 Å². The highest BCUT2D eigenvalue weighted by Gasteiger charge is 2.26. The first kappa shape index (κ1) is 15.5. The summed E-state index contributed by atoms with van der Waals surface area (Å²) in [5, 5.41) is 29.3. The Hall–Kier alpha value is -3.41. The second kappa shape index (κ2) is 5.66. The molecule has 0 atom stereocenters. The Morgan fingerprint density at radius 1 is 0.917 bits per heavy atom. The quantitative estimate of drug-likeness (QED) is 0.682. The fourth-order valence-corrected chi connectivity index (χ4v) is 2.72. The van der Waals surface area contributed by atoms with Crippen LogP contribution < -0.4 is 0 Å². The third kappa shape index (κ3) is 2.34. The molecule has 0 radical (unpaired) electrons. The molecule has 6 heteroatoms. The highest BCUT2D eigenvalue weighted by atomic mass is 16.4. The topological polar surface area (TPSA) is 108 Å². The number of aromatic nitrogens is 1. The van der Waals surface area contributed by atoms with Gasteiger partial charge in [0.15, 0.2) is 0 Å². The summed E-state index contributed by atoms with van der Waals surface area (Å²) in [6.07, 6.45) is 0. The maximum absolute atomic E-state index is 11.8. The van der Waals surface area contributed by atoms with Crippen LogP contribution in [0.5, 0.6) is 5.75 Å². The zero-order valence-corrected chi connectivity index (χ0v) is 12.6. The Labute approximate surface area is 136 Å². The number of nitrogens with zero attached hydrogens (tertiary/aromatic N) is 1. The normalized spacial score (nSPS) is 10.7. The predicted octanol–water partition coefficient (Wildman–Crippen LogP) is 3.31. The first-order chi connectivity index (χ1) is 11.4. The number of aromatic carboxylic acids is 2. The van der Waals surface area contributed by atoms with Gasteiger partial charge < -0.3 is 15.3 Å². The first-order valence-electron chi connectivity index (χ1n) is 7.10. The Morgan fingerprint density at radius 2 is 1.58 bits per heavy atom. The summed E-state index contributed by atoms with van der Waals surface area (Å²) in [7, 11) is 0. The van der Waals surface area contributed by atoms with Gasteiger partial charge in [0.1, 0.15) is 11.3 Å². The van der Waals surface area contributed by atoms with Crippen LogP contribution in [0.1, 0.15) is 26.3 Å². The smallest absolute Gasteiger partial charge is 0.338 e. The van der Waals surface area contributed by atoms with Crippen molar-refractivity contribution in [3.05, 3.63) is 59.2 Å². The molecule has 0 fully saturated rings. The van der Waals surface area contributed by atoms with Crippen LogP contribution in [0.3, 0.4) is 0 Å². The molecular formula is C18H13NO5. The summed E-state index contributed by atoms with van der Waals surface area (Å²) in [5.41, 5.74) is 0.491. The van der Waals surface area contributed by atoms with Crippen molar-refractivity contribution in [2.75, 3.05) is 0 Å². The van der Waals surface area contributed by atoms with Crippen LogP contribution >= 0.6 is 0 Å². The fourth-order valence-electron chi connectivity index (χ4n) is 2.72. The van der Waals surface area contributed by atoms with E-state index in [2.05, 4.69) is 4.98 Å². The van der Waals surface area contributed by atoms with Crippen LogP contribution in [0.4, 0.5) is 0 Å². The zero-order chi connectivity index (χ0) is 17.4. The minimum absolute atomic E-state index is 0.0179. The Bertz CT molecular complexity index is 994. The largest absolute Gasteiger partial charge is 0.508 e. The van der Waals surface area contributed by atoms with E-state index in [1.807, 2.05) is 0 Å². The second-order valence-electron chi connectivity index (χ2n) is 5.29. The van der Waals surface area contributed by atoms with Crippen molar-refractivity contribution in [1.29, 1.82) is 0 Å². The molecule has 1 heterocycles. The van der Waals surface area contributed by atoms with Crippen LogP contribution in [0, 0.1) is 6.92 Å². The van der Waals surface area contributed by atoms with E-state index in [1.54, 1.807) is 37.3 Å². The SMILES string of the molecule is Cc1c(O)cccc1-c1nc2ccccc2c(C(=O)O)c1C(=O)O. The summed E-state index contributed by atoms with van der Waals surface area (Å²) < 4.78 is 0. The highest BCUT2D eigenvalue weighted by molar-refractivity contribution is 6.14. The van der Waals surface area contributed by atoms with Crippen LogP contribution in [-0.2, 0) is 0 Å². The standard InChI is InChI=1S/C18H13NO5/c1-9-10(6-4-8-13(9)20)16-15(18(23)24)14(17(21)22)11-5-2-3-7-12(11)19-16/h2-8,20H,1H3,(H,21,22)(H,23,24). The van der Waals surface area contributed by atoms with Crippen LogP contribution in [0.25, 0.3) is 22.2 Å². The van der Waals surface area contributed by atoms with E-state index in [9.17, 15) is 24.9 Å². The molecule has 0 aliphatic heterocycles. The van der Waals surface area contributed by atoms with Gasteiger partial charge in [-0.2, -0.15) is 0 Å². The van der Waals surface area contributed by atoms with Gasteiger partial charge in [0.05, 0.1) is 16.8 Å². The molecule has 120 valence electrons. The summed E-state index contributed by atoms with van der Waals surface area (Å²) in [6.45, 7) is 1.62. The number of aromatic hydroxyl groups is 1. The number of carboxylic acid groups (broad SMARTS) is 2. The number of phenolic OH excluding ortho intramolecular Hbond substituents is 1. The maximum Gasteiger partial charge on any atom is 0.338 e. The Morgan fingerprint density at radius 3 is 2.25 bits per heavy atom. The predicted molar refractivity (Wildman–Crippen MR) is 87.5 cm³/mol. The lowest BCUT2D eigenvalue weighted by atomic mass is 9.94. The average Bonchev–Trinajstić information content (AvgIpc) is 2.55. The van der Waals surface area contributed by atoms with Crippen molar-refractivity contribution < 1.29 is 24.9 Å². The number of phenols is 1. The van der Waals surface area contributed by atoms with Crippen molar-refractivity contribution in [2.45, 2.75) is 6.92 Å². The van der Waals surface area contributed by atoms with Crippen molar-refractivity contribution in [2.24, 2.45) is 0 Å². The minimum Gasteiger partial charge on any atom is -0.508 e. The summed E-state index contributed by atoms with van der Waals surface area (Å²) in [5.74, 6) is -2.75. The molecular weight excluding hydrogens is 310 g/mol. The van der Waals surface area contributed by atoms with Gasteiger partial charge in [-0.1, -0.05) is 30.3 Å². The molecule has 3 rings (SSSR count). The van der Waals surface area contributed by atoms with Crippen molar-refractivity contribution in [3.8, 4) is 17.0 Å². The number of hydrogen-bond acceptors (Lipinski definition) is 4. The van der Waals surface area contributed by atoms with Crippen molar-refractivity contribution in [1.82, 2.24) is 4.98 Å². The number of benzene rings is 2. The van der Waals surface area contributed by atoms with Crippen LogP contribution in [-0.4, -0.2) is 32.2 Å². The second-order valence-corrected chi connectivity index (χ2v) is 5.29. The van der Waals surface area contributed by atoms with Gasteiger partial charge in [-0.05, 0) is 19.1 Å². The van der Waals surface area contributed by atoms with E-state index < -0.39 is 17.5 Å². The molecule has 1 aromatic heterocycles. The van der Waals surface area contributed by atoms with E-state index in [4.69, 9.17) is 0 Å². The lowest BCUT2D eigenvalue weighted by Crippen LogP contribution is -2.12. The molecule has 6 nitrogen and oxygen atoms in total. The minimum atomic E-state index is -1.39. The average molecular weight is 323 g/mol. The van der Waals surface area contributed by atoms with E-state index in [0.717, 1.165) is 0 Å². The molecule has 0 aliphatic rings. The maximum atomic E-state index is 11.8. The van der Waals surface area contributed by atoms with Gasteiger partial charge in [0.25, 0.3) is 0 Å². The number of rotatable bonds is 3. The Kier molecular flexibility index (Phi) is 3.65. The van der Waals surface area contributed by atoms with Crippen molar-refractivity contribution in [3.63, 3.8) is 0 Å². The van der Waals surface area contributed by atoms with Gasteiger partial charge >= 0.3 is 11.9 Å². The molecule has 0 spiro atoms. The van der Waals surface area contributed by atoms with E-state index in [-0.39, 0.29) is 22.4 Å². The van der Waals surface area contributed by atoms with Gasteiger partial charge in [0, 0.05) is 16.5 Å². The third-order valence-corrected chi connectivity index (χ3v) is 3.88. The fraction of sp³-hybridized carbons (Fsp3) is 0.0556. The number of carboxylic acids is 2. The lowest BCUT2D eigenvalue weighted by molar-refractivity contribution is 0.0653. The summed E-state index contributed by atoms with van der Waals surface area (Å²) >= 11 is 0. The number of hydrogen-bond donors (Lipinski definition) is 3. The summed E-state index contributed by atoms with van der Waals surface area (Å²) in [4.78, 5) is 27.9. The Balaban J connectivity index is 2.52. The highest BCUT2D eigenvalue weighted by Crippen LogP contribution is 2.34. The monoisotopic (exact) mass is 323 g/mol. The van der Waals surface area contributed by atoms with Gasteiger partial charge in [-0.15, -0.1) is 0 Å². The third-order valence-electron chi connectivity index (χ3n) is 3.88. The molecule has 0 amide bonds. The molecule has 0 bridgehead atoms. The van der Waals surface area contributed by atoms with Gasteiger partial charge in [-0.25, -0.2) is 14.6 Å². The zero-order valence-electron chi connectivity index (χ0n) is 12.6. The number of fused-ring (bicyclic) bond motifs is 1. The number of carbonyl (C=O) groups is 2. The molecule has 0 unspecified atom stereocenters. The summed E-state index contributed by atoms with van der Waals surface area (Å²) in [6, 6.07) is 11.1. The molecule has 0 saturated heterocycles. The molecule has 24 heavy (non-hydrogen) atoms.